The molecule has 1 atom stereocenters. The monoisotopic (exact) mass is 544 g/mol. The third-order valence-corrected chi connectivity index (χ3v) is 8.89. The standard InChI is InChI=1S/C27H38BN2O7P/c1-7-34-38(33,35-8-2)18-20-9-13-21(14-10-20)25(32)30-23(24(29)31)17-19-11-15-22(16-12-19)28-36-26(3,4)27(5,6)37-28/h9-16,23H,7-8,17-18H2,1-6H3,(H2,29,31)(H,30,32)/t23-/m0/s1. The summed E-state index contributed by atoms with van der Waals surface area (Å²) in [5, 5.41) is 2.71. The van der Waals surface area contributed by atoms with Gasteiger partial charge in [-0.25, -0.2) is 0 Å². The molecule has 2 aromatic rings. The molecule has 0 spiro atoms. The molecule has 0 saturated carbocycles. The highest BCUT2D eigenvalue weighted by atomic mass is 31.2. The first kappa shape index (κ1) is 30.1. The van der Waals surface area contributed by atoms with Gasteiger partial charge in [-0.2, -0.15) is 0 Å². The average molecular weight is 544 g/mol. The van der Waals surface area contributed by atoms with E-state index in [4.69, 9.17) is 24.1 Å². The topological polar surface area (TPSA) is 126 Å². The molecule has 0 aromatic heterocycles. The molecule has 2 aromatic carbocycles. The predicted octanol–water partition coefficient (Wildman–Crippen LogP) is 3.58. The first-order valence-corrected chi connectivity index (χ1v) is 14.5. The first-order chi connectivity index (χ1) is 17.8. The zero-order valence-electron chi connectivity index (χ0n) is 23.0. The van der Waals surface area contributed by atoms with Crippen LogP contribution in [-0.2, 0) is 40.3 Å². The Morgan fingerprint density at radius 1 is 0.921 bits per heavy atom. The lowest BCUT2D eigenvalue weighted by atomic mass is 9.78. The van der Waals surface area contributed by atoms with E-state index in [1.165, 1.54) is 0 Å². The maximum atomic E-state index is 12.8. The quantitative estimate of drug-likeness (QED) is 0.309. The van der Waals surface area contributed by atoms with Crippen molar-refractivity contribution >= 4 is 32.0 Å². The van der Waals surface area contributed by atoms with Crippen molar-refractivity contribution in [1.29, 1.82) is 0 Å². The van der Waals surface area contributed by atoms with Crippen LogP contribution in [0.3, 0.4) is 0 Å². The number of hydrogen-bond acceptors (Lipinski definition) is 7. The van der Waals surface area contributed by atoms with E-state index in [1.54, 1.807) is 38.1 Å². The summed E-state index contributed by atoms with van der Waals surface area (Å²) in [6.07, 6.45) is 0.330. The van der Waals surface area contributed by atoms with Gasteiger partial charge in [-0.1, -0.05) is 36.4 Å². The van der Waals surface area contributed by atoms with Gasteiger partial charge in [0.15, 0.2) is 0 Å². The van der Waals surface area contributed by atoms with Crippen LogP contribution in [0.2, 0.25) is 0 Å². The van der Waals surface area contributed by atoms with Crippen molar-refractivity contribution in [1.82, 2.24) is 5.32 Å². The number of carbonyl (C=O) groups is 2. The lowest BCUT2D eigenvalue weighted by molar-refractivity contribution is -0.119. The molecule has 2 amide bonds. The summed E-state index contributed by atoms with van der Waals surface area (Å²) in [5.74, 6) is -1.08. The van der Waals surface area contributed by atoms with Crippen molar-refractivity contribution in [2.75, 3.05) is 13.2 Å². The molecule has 9 nitrogen and oxygen atoms in total. The molecule has 11 heteroatoms. The molecule has 3 rings (SSSR count). The number of hydrogen-bond donors (Lipinski definition) is 2. The third kappa shape index (κ3) is 7.33. The van der Waals surface area contributed by atoms with Gasteiger partial charge < -0.3 is 29.4 Å². The van der Waals surface area contributed by atoms with Crippen molar-refractivity contribution in [2.45, 2.75) is 71.4 Å². The highest BCUT2D eigenvalue weighted by molar-refractivity contribution is 7.53. The van der Waals surface area contributed by atoms with E-state index in [1.807, 2.05) is 52.0 Å². The number of rotatable bonds is 12. The smallest absolute Gasteiger partial charge is 0.399 e. The zero-order chi connectivity index (χ0) is 28.1. The molecular formula is C27H38BN2O7P. The van der Waals surface area contributed by atoms with E-state index in [0.717, 1.165) is 11.0 Å². The molecule has 0 aliphatic carbocycles. The van der Waals surface area contributed by atoms with Crippen molar-refractivity contribution < 1.29 is 32.5 Å². The Balaban J connectivity index is 1.63. The van der Waals surface area contributed by atoms with Gasteiger partial charge in [0.25, 0.3) is 5.91 Å². The number of nitrogens with one attached hydrogen (secondary N) is 1. The summed E-state index contributed by atoms with van der Waals surface area (Å²) in [6, 6.07) is 13.2. The fourth-order valence-corrected chi connectivity index (χ4v) is 5.70. The molecule has 0 radical (unpaired) electrons. The SMILES string of the molecule is CCOP(=O)(Cc1ccc(C(=O)N[C@@H](Cc2ccc(B3OC(C)(C)C(C)(C)O3)cc2)C(N)=O)cc1)OCC. The summed E-state index contributed by atoms with van der Waals surface area (Å²) < 4.78 is 35.6. The fourth-order valence-electron chi connectivity index (χ4n) is 4.00. The van der Waals surface area contributed by atoms with Crippen LogP contribution in [0.15, 0.2) is 48.5 Å². The van der Waals surface area contributed by atoms with Gasteiger partial charge in [-0.05, 0) is 70.3 Å². The van der Waals surface area contributed by atoms with Crippen molar-refractivity contribution in [3.05, 3.63) is 65.2 Å². The van der Waals surface area contributed by atoms with Gasteiger partial charge in [-0.15, -0.1) is 0 Å². The minimum absolute atomic E-state index is 0.0996. The number of carbonyl (C=O) groups excluding carboxylic acids is 2. The first-order valence-electron chi connectivity index (χ1n) is 12.8. The maximum absolute atomic E-state index is 12.8. The molecule has 1 fully saturated rings. The Labute approximate surface area is 225 Å². The largest absolute Gasteiger partial charge is 0.494 e. The van der Waals surface area contributed by atoms with Gasteiger partial charge in [0.05, 0.1) is 30.6 Å². The van der Waals surface area contributed by atoms with Gasteiger partial charge in [-0.3, -0.25) is 14.2 Å². The van der Waals surface area contributed by atoms with E-state index < -0.39 is 43.8 Å². The highest BCUT2D eigenvalue weighted by Crippen LogP contribution is 2.51. The molecule has 1 heterocycles. The van der Waals surface area contributed by atoms with Crippen LogP contribution < -0.4 is 16.5 Å². The van der Waals surface area contributed by atoms with E-state index in [0.29, 0.717) is 11.1 Å². The zero-order valence-corrected chi connectivity index (χ0v) is 23.9. The van der Waals surface area contributed by atoms with E-state index in [-0.39, 0.29) is 25.8 Å². The Bertz CT molecular complexity index is 1140. The Kier molecular flexibility index (Phi) is 9.60. The second kappa shape index (κ2) is 12.1. The van der Waals surface area contributed by atoms with Crippen molar-refractivity contribution in [3.8, 4) is 0 Å². The summed E-state index contributed by atoms with van der Waals surface area (Å²) in [4.78, 5) is 25.0. The molecule has 206 valence electrons. The van der Waals surface area contributed by atoms with Crippen LogP contribution in [0.5, 0.6) is 0 Å². The molecule has 1 aliphatic heterocycles. The molecule has 0 unspecified atom stereocenters. The second-order valence-electron chi connectivity index (χ2n) is 10.3. The normalized spacial score (nSPS) is 17.3. The summed E-state index contributed by atoms with van der Waals surface area (Å²) in [6.45, 7) is 12.0. The van der Waals surface area contributed by atoms with Crippen LogP contribution in [0, 0.1) is 0 Å². The maximum Gasteiger partial charge on any atom is 0.494 e. The highest BCUT2D eigenvalue weighted by Gasteiger charge is 2.51. The molecular weight excluding hydrogens is 506 g/mol. The molecule has 1 saturated heterocycles. The summed E-state index contributed by atoms with van der Waals surface area (Å²) in [5.41, 5.74) is 7.46. The Morgan fingerprint density at radius 2 is 1.42 bits per heavy atom. The lowest BCUT2D eigenvalue weighted by Crippen LogP contribution is -2.45. The fraction of sp³-hybridized carbons (Fsp3) is 0.481. The third-order valence-electron chi connectivity index (χ3n) is 6.84. The van der Waals surface area contributed by atoms with E-state index >= 15 is 0 Å². The van der Waals surface area contributed by atoms with Crippen molar-refractivity contribution in [2.24, 2.45) is 5.73 Å². The van der Waals surface area contributed by atoms with Crippen molar-refractivity contribution in [3.63, 3.8) is 0 Å². The lowest BCUT2D eigenvalue weighted by Gasteiger charge is -2.32. The number of primary amides is 1. The molecule has 0 bridgehead atoms. The predicted molar refractivity (Wildman–Crippen MR) is 147 cm³/mol. The van der Waals surface area contributed by atoms with Crippen LogP contribution in [0.25, 0.3) is 0 Å². The molecule has 1 aliphatic rings. The molecule has 38 heavy (non-hydrogen) atoms. The van der Waals surface area contributed by atoms with Crippen LogP contribution in [0.4, 0.5) is 0 Å². The summed E-state index contributed by atoms with van der Waals surface area (Å²) >= 11 is 0. The summed E-state index contributed by atoms with van der Waals surface area (Å²) in [7, 11) is -3.74. The van der Waals surface area contributed by atoms with Gasteiger partial charge in [0.2, 0.25) is 5.91 Å². The second-order valence-corrected chi connectivity index (χ2v) is 12.3. The van der Waals surface area contributed by atoms with Crippen LogP contribution in [0.1, 0.15) is 63.0 Å². The average Bonchev–Trinajstić information content (AvgIpc) is 3.06. The minimum atomic E-state index is -3.26. The van der Waals surface area contributed by atoms with Crippen LogP contribution in [-0.4, -0.2) is 49.4 Å². The minimum Gasteiger partial charge on any atom is -0.399 e. The van der Waals surface area contributed by atoms with Gasteiger partial charge >= 0.3 is 14.7 Å². The number of nitrogens with two attached hydrogens (primary N) is 1. The molecule has 3 N–H and O–H groups in total. The Morgan fingerprint density at radius 3 is 1.89 bits per heavy atom. The van der Waals surface area contributed by atoms with Gasteiger partial charge in [0, 0.05) is 12.0 Å². The van der Waals surface area contributed by atoms with E-state index in [2.05, 4.69) is 5.32 Å². The number of amides is 2. The van der Waals surface area contributed by atoms with Crippen LogP contribution >= 0.6 is 7.60 Å². The number of benzene rings is 2. The Hall–Kier alpha value is -2.49. The van der Waals surface area contributed by atoms with E-state index in [9.17, 15) is 14.2 Å². The van der Waals surface area contributed by atoms with Gasteiger partial charge in [0.1, 0.15) is 6.04 Å².